The molecule has 37 heavy (non-hydrogen) atoms. The molecule has 0 aliphatic rings. The van der Waals surface area contributed by atoms with Crippen LogP contribution in [0.2, 0.25) is 0 Å². The molecule has 0 saturated heterocycles. The van der Waals surface area contributed by atoms with E-state index >= 15 is 0 Å². The Balaban J connectivity index is 1.29. The molecule has 0 amide bonds. The maximum atomic E-state index is 12.7. The van der Waals surface area contributed by atoms with E-state index in [1.807, 2.05) is 41.8 Å². The van der Waals surface area contributed by atoms with E-state index in [1.165, 1.54) is 0 Å². The third-order valence-corrected chi connectivity index (χ3v) is 6.43. The highest BCUT2D eigenvalue weighted by Crippen LogP contribution is 2.24. The number of aliphatic hydroxyl groups is 1. The first-order valence-corrected chi connectivity index (χ1v) is 12.4. The molecule has 0 radical (unpaired) electrons. The summed E-state index contributed by atoms with van der Waals surface area (Å²) in [6.45, 7) is 5.22. The number of carbonyl (C=O) groups is 1. The second-order valence-electron chi connectivity index (χ2n) is 9.19. The van der Waals surface area contributed by atoms with Crippen LogP contribution in [-0.4, -0.2) is 54.9 Å². The smallest absolute Gasteiger partial charge is 0.354 e. The maximum Gasteiger partial charge on any atom is 0.354 e. The van der Waals surface area contributed by atoms with Crippen LogP contribution in [0.3, 0.4) is 0 Å². The van der Waals surface area contributed by atoms with E-state index in [0.717, 1.165) is 34.0 Å². The van der Waals surface area contributed by atoms with Crippen molar-refractivity contribution in [2.45, 2.75) is 39.0 Å². The van der Waals surface area contributed by atoms with Crippen LogP contribution in [0.5, 0.6) is 0 Å². The van der Waals surface area contributed by atoms with Crippen molar-refractivity contribution in [1.82, 2.24) is 29.9 Å². The predicted octanol–water partition coefficient (Wildman–Crippen LogP) is 3.56. The molecule has 0 saturated carbocycles. The van der Waals surface area contributed by atoms with Gasteiger partial charge in [0.15, 0.2) is 5.65 Å². The molecule has 0 fully saturated rings. The van der Waals surface area contributed by atoms with Crippen LogP contribution in [0.1, 0.15) is 47.1 Å². The largest absolute Gasteiger partial charge is 0.461 e. The number of esters is 1. The van der Waals surface area contributed by atoms with Crippen molar-refractivity contribution < 1.29 is 14.6 Å². The zero-order chi connectivity index (χ0) is 25.8. The fourth-order valence-corrected chi connectivity index (χ4v) is 4.57. The van der Waals surface area contributed by atoms with Gasteiger partial charge < -0.3 is 19.7 Å². The van der Waals surface area contributed by atoms with Crippen molar-refractivity contribution in [3.8, 4) is 0 Å². The molecule has 0 bridgehead atoms. The summed E-state index contributed by atoms with van der Waals surface area (Å²) in [5.74, 6) is -0.319. The van der Waals surface area contributed by atoms with Crippen LogP contribution >= 0.6 is 0 Å². The van der Waals surface area contributed by atoms with Crippen LogP contribution in [-0.2, 0) is 17.7 Å². The van der Waals surface area contributed by atoms with Crippen molar-refractivity contribution in [3.05, 3.63) is 95.3 Å². The zero-order valence-electron chi connectivity index (χ0n) is 20.9. The lowest BCUT2D eigenvalue weighted by molar-refractivity contribution is 0.0515. The number of tetrazole rings is 1. The van der Waals surface area contributed by atoms with Gasteiger partial charge in [-0.3, -0.25) is 0 Å². The quantitative estimate of drug-likeness (QED) is 0.284. The summed E-state index contributed by atoms with van der Waals surface area (Å²) in [6.07, 6.45) is 1.83. The number of aromatic nitrogens is 5. The number of fused-ring (bicyclic) bond motifs is 2. The van der Waals surface area contributed by atoms with E-state index in [1.54, 1.807) is 16.8 Å². The monoisotopic (exact) mass is 498 g/mol. The van der Waals surface area contributed by atoms with Gasteiger partial charge in [0.05, 0.1) is 12.7 Å². The summed E-state index contributed by atoms with van der Waals surface area (Å²) in [6, 6.07) is 22.0. The fourth-order valence-electron chi connectivity index (χ4n) is 4.57. The Bertz CT molecular complexity index is 1510. The van der Waals surface area contributed by atoms with E-state index in [2.05, 4.69) is 58.1 Å². The van der Waals surface area contributed by atoms with Gasteiger partial charge in [-0.05, 0) is 66.1 Å². The van der Waals surface area contributed by atoms with Gasteiger partial charge in [0.2, 0.25) is 0 Å². The Labute approximate surface area is 214 Å². The molecule has 9 heteroatoms. The van der Waals surface area contributed by atoms with Gasteiger partial charge in [0.1, 0.15) is 5.69 Å². The average Bonchev–Trinajstić information content (AvgIpc) is 3.52. The summed E-state index contributed by atoms with van der Waals surface area (Å²) in [4.78, 5) is 12.7. The molecule has 0 aliphatic heterocycles. The Kier molecular flexibility index (Phi) is 7.25. The Morgan fingerprint density at radius 3 is 2.73 bits per heavy atom. The molecule has 3 heterocycles. The number of ether oxygens (including phenoxy) is 1. The van der Waals surface area contributed by atoms with Crippen LogP contribution in [0.4, 0.5) is 0 Å². The van der Waals surface area contributed by atoms with E-state index < -0.39 is 6.10 Å². The topological polar surface area (TPSA) is 107 Å². The lowest BCUT2D eigenvalue weighted by Gasteiger charge is -2.18. The molecule has 0 spiro atoms. The molecule has 9 nitrogen and oxygen atoms in total. The van der Waals surface area contributed by atoms with Gasteiger partial charge in [0.25, 0.3) is 0 Å². The Morgan fingerprint density at radius 2 is 1.92 bits per heavy atom. The number of aliphatic hydroxyl groups excluding tert-OH is 1. The summed E-state index contributed by atoms with van der Waals surface area (Å²) in [5, 5.41) is 26.4. The Hall–Kier alpha value is -4.08. The third-order valence-electron chi connectivity index (χ3n) is 6.43. The molecule has 0 aliphatic carbocycles. The van der Waals surface area contributed by atoms with E-state index in [4.69, 9.17) is 4.74 Å². The number of nitrogens with zero attached hydrogens (tertiary/aromatic N) is 5. The number of nitrogens with one attached hydrogen (secondary N) is 1. The molecule has 3 aromatic heterocycles. The van der Waals surface area contributed by atoms with Crippen LogP contribution in [0, 0.1) is 0 Å². The number of benzene rings is 2. The summed E-state index contributed by atoms with van der Waals surface area (Å²) in [7, 11) is 0. The number of carbonyl (C=O) groups excluding carboxylic acids is 1. The van der Waals surface area contributed by atoms with E-state index in [-0.39, 0.29) is 12.0 Å². The molecular formula is C28H30N6O3. The fraction of sp³-hybridized carbons (Fsp3) is 0.286. The first kappa shape index (κ1) is 24.6. The van der Waals surface area contributed by atoms with Crippen LogP contribution in [0.25, 0.3) is 16.6 Å². The van der Waals surface area contributed by atoms with Gasteiger partial charge in [-0.15, -0.1) is 5.10 Å². The Morgan fingerprint density at radius 1 is 1.08 bits per heavy atom. The zero-order valence-corrected chi connectivity index (χ0v) is 20.9. The number of hydrogen-bond donors (Lipinski definition) is 2. The highest BCUT2D eigenvalue weighted by molar-refractivity contribution is 5.96. The van der Waals surface area contributed by atoms with Crippen LogP contribution < -0.4 is 5.32 Å². The van der Waals surface area contributed by atoms with E-state index in [9.17, 15) is 9.90 Å². The van der Waals surface area contributed by atoms with Crippen molar-refractivity contribution >= 4 is 22.5 Å². The molecule has 0 unspecified atom stereocenters. The van der Waals surface area contributed by atoms with Gasteiger partial charge >= 0.3 is 5.97 Å². The van der Waals surface area contributed by atoms with Gasteiger partial charge in [-0.2, -0.15) is 0 Å². The van der Waals surface area contributed by atoms with Gasteiger partial charge in [0, 0.05) is 41.8 Å². The molecule has 190 valence electrons. The summed E-state index contributed by atoms with van der Waals surface area (Å²) in [5.41, 5.74) is 5.18. The molecule has 5 rings (SSSR count). The molecule has 2 atom stereocenters. The highest BCUT2D eigenvalue weighted by atomic mass is 16.5. The van der Waals surface area contributed by atoms with Crippen molar-refractivity contribution in [3.63, 3.8) is 0 Å². The standard InChI is InChI=1S/C28H30N6O3/c1-3-37-28(36)25-15-23-14-21(9-11-24(23)33(25)17-20-7-5-4-6-8-20)13-19(2)29-16-26(35)22-10-12-27-30-31-32-34(27)18-22/h4-12,14-15,18-19,26,29,35H,3,13,16-17H2,1-2H3/t19-,26+/m1/s1. The minimum atomic E-state index is -0.683. The number of rotatable bonds is 10. The molecule has 2 N–H and O–H groups in total. The van der Waals surface area contributed by atoms with Crippen molar-refractivity contribution in [2.75, 3.05) is 13.2 Å². The first-order chi connectivity index (χ1) is 18.0. The second-order valence-corrected chi connectivity index (χ2v) is 9.19. The van der Waals surface area contributed by atoms with Gasteiger partial charge in [-0.1, -0.05) is 42.5 Å². The molecule has 2 aromatic carbocycles. The number of pyridine rings is 1. The minimum Gasteiger partial charge on any atom is -0.461 e. The first-order valence-electron chi connectivity index (χ1n) is 12.4. The minimum absolute atomic E-state index is 0.125. The van der Waals surface area contributed by atoms with Crippen LogP contribution in [0.15, 0.2) is 72.9 Å². The SMILES string of the molecule is CCOC(=O)c1cc2cc(C[C@@H](C)NC[C@H](O)c3ccc4nnnn4c3)ccc2n1Cc1ccccc1. The molecular weight excluding hydrogens is 468 g/mol. The average molecular weight is 499 g/mol. The normalized spacial score (nSPS) is 13.2. The number of hydrogen-bond acceptors (Lipinski definition) is 7. The summed E-state index contributed by atoms with van der Waals surface area (Å²) >= 11 is 0. The van der Waals surface area contributed by atoms with E-state index in [0.29, 0.717) is 31.0 Å². The predicted molar refractivity (Wildman–Crippen MR) is 140 cm³/mol. The molecule has 5 aromatic rings. The summed E-state index contributed by atoms with van der Waals surface area (Å²) < 4.78 is 8.90. The van der Waals surface area contributed by atoms with Crippen molar-refractivity contribution in [2.24, 2.45) is 0 Å². The second kappa shape index (κ2) is 10.9. The third kappa shape index (κ3) is 5.52. The van der Waals surface area contributed by atoms with Gasteiger partial charge in [-0.25, -0.2) is 9.31 Å². The van der Waals surface area contributed by atoms with Crippen molar-refractivity contribution in [1.29, 1.82) is 0 Å². The lowest BCUT2D eigenvalue weighted by Crippen LogP contribution is -2.32. The lowest BCUT2D eigenvalue weighted by atomic mass is 10.0. The highest BCUT2D eigenvalue weighted by Gasteiger charge is 2.18. The maximum absolute atomic E-state index is 12.7.